The molecule has 0 saturated heterocycles. The molecule has 0 spiro atoms. The SMILES string of the molecule is Cc1cc([N+](=O)[O-])c(S(=O)(=O)NC(C)CCO)cc1C. The summed E-state index contributed by atoms with van der Waals surface area (Å²) in [6, 6.07) is 2.04. The number of aliphatic hydroxyl groups is 1. The van der Waals surface area contributed by atoms with E-state index in [9.17, 15) is 18.5 Å². The molecule has 1 rings (SSSR count). The van der Waals surface area contributed by atoms with Gasteiger partial charge >= 0.3 is 0 Å². The van der Waals surface area contributed by atoms with E-state index in [4.69, 9.17) is 5.11 Å². The highest BCUT2D eigenvalue weighted by Crippen LogP contribution is 2.27. The number of benzene rings is 1. The number of nitrogens with one attached hydrogen (secondary N) is 1. The molecule has 0 heterocycles. The lowest BCUT2D eigenvalue weighted by atomic mass is 10.1. The predicted octanol–water partition coefficient (Wildman–Crippen LogP) is 1.26. The minimum absolute atomic E-state index is 0.168. The van der Waals surface area contributed by atoms with Crippen molar-refractivity contribution >= 4 is 15.7 Å². The number of nitro groups is 1. The number of sulfonamides is 1. The predicted molar refractivity (Wildman–Crippen MR) is 74.1 cm³/mol. The summed E-state index contributed by atoms with van der Waals surface area (Å²) >= 11 is 0. The fourth-order valence-electron chi connectivity index (χ4n) is 1.71. The summed E-state index contributed by atoms with van der Waals surface area (Å²) in [5, 5.41) is 19.8. The Morgan fingerprint density at radius 2 is 1.90 bits per heavy atom. The van der Waals surface area contributed by atoms with Crippen LogP contribution in [0.1, 0.15) is 24.5 Å². The summed E-state index contributed by atoms with van der Waals surface area (Å²) < 4.78 is 26.7. The summed E-state index contributed by atoms with van der Waals surface area (Å²) in [6.07, 6.45) is 0.234. The van der Waals surface area contributed by atoms with Gasteiger partial charge in [-0.1, -0.05) is 0 Å². The largest absolute Gasteiger partial charge is 0.396 e. The van der Waals surface area contributed by atoms with Crippen LogP contribution in [0, 0.1) is 24.0 Å². The molecule has 0 amide bonds. The molecular formula is C12H18N2O5S. The number of nitro benzene ring substituents is 1. The zero-order valence-electron chi connectivity index (χ0n) is 11.6. The summed E-state index contributed by atoms with van der Waals surface area (Å²) in [5.74, 6) is 0. The lowest BCUT2D eigenvalue weighted by Crippen LogP contribution is -2.33. The van der Waals surface area contributed by atoms with Crippen LogP contribution >= 0.6 is 0 Å². The molecule has 0 aliphatic carbocycles. The highest BCUT2D eigenvalue weighted by Gasteiger charge is 2.27. The van der Waals surface area contributed by atoms with Gasteiger partial charge in [-0.2, -0.15) is 0 Å². The van der Waals surface area contributed by atoms with Crippen LogP contribution in [-0.4, -0.2) is 31.1 Å². The van der Waals surface area contributed by atoms with Crippen LogP contribution < -0.4 is 4.72 Å². The van der Waals surface area contributed by atoms with Gasteiger partial charge in [0.1, 0.15) is 0 Å². The third-order valence-electron chi connectivity index (χ3n) is 2.98. The van der Waals surface area contributed by atoms with Gasteiger partial charge in [-0.25, -0.2) is 13.1 Å². The van der Waals surface area contributed by atoms with Crippen molar-refractivity contribution in [3.63, 3.8) is 0 Å². The van der Waals surface area contributed by atoms with E-state index in [0.717, 1.165) is 0 Å². The summed E-state index contributed by atoms with van der Waals surface area (Å²) in [5.41, 5.74) is 0.863. The van der Waals surface area contributed by atoms with E-state index >= 15 is 0 Å². The Labute approximate surface area is 117 Å². The van der Waals surface area contributed by atoms with Gasteiger partial charge in [-0.05, 0) is 44.4 Å². The van der Waals surface area contributed by atoms with E-state index in [1.54, 1.807) is 20.8 Å². The van der Waals surface area contributed by atoms with Crippen molar-refractivity contribution in [3.05, 3.63) is 33.4 Å². The standard InChI is InChI=1S/C12H18N2O5S/c1-8-6-11(14(16)17)12(7-9(8)2)20(18,19)13-10(3)4-5-15/h6-7,10,13,15H,4-5H2,1-3H3. The maximum absolute atomic E-state index is 12.2. The number of rotatable bonds is 6. The van der Waals surface area contributed by atoms with Gasteiger partial charge in [0.05, 0.1) is 4.92 Å². The van der Waals surface area contributed by atoms with Gasteiger partial charge < -0.3 is 5.11 Å². The average Bonchev–Trinajstić information content (AvgIpc) is 2.31. The second-order valence-corrected chi connectivity index (χ2v) is 6.38. The first-order valence-corrected chi connectivity index (χ1v) is 7.56. The van der Waals surface area contributed by atoms with E-state index in [2.05, 4.69) is 4.72 Å². The first-order chi connectivity index (χ1) is 9.19. The van der Waals surface area contributed by atoms with Gasteiger partial charge in [-0.3, -0.25) is 10.1 Å². The molecule has 20 heavy (non-hydrogen) atoms. The van der Waals surface area contributed by atoms with E-state index in [1.807, 2.05) is 0 Å². The van der Waals surface area contributed by atoms with Crippen molar-refractivity contribution in [2.45, 2.75) is 38.1 Å². The molecule has 2 N–H and O–H groups in total. The third kappa shape index (κ3) is 3.75. The van der Waals surface area contributed by atoms with Crippen LogP contribution in [-0.2, 0) is 10.0 Å². The zero-order chi connectivity index (χ0) is 15.5. The van der Waals surface area contributed by atoms with Crippen LogP contribution in [0.2, 0.25) is 0 Å². The number of aliphatic hydroxyl groups excluding tert-OH is 1. The number of hydrogen-bond donors (Lipinski definition) is 2. The van der Waals surface area contributed by atoms with E-state index < -0.39 is 26.7 Å². The van der Waals surface area contributed by atoms with Crippen LogP contribution in [0.4, 0.5) is 5.69 Å². The number of hydrogen-bond acceptors (Lipinski definition) is 5. The Kier molecular flexibility index (Phi) is 5.21. The van der Waals surface area contributed by atoms with Crippen molar-refractivity contribution in [1.29, 1.82) is 0 Å². The van der Waals surface area contributed by atoms with Gasteiger partial charge in [0.15, 0.2) is 4.90 Å². The molecule has 1 aromatic rings. The van der Waals surface area contributed by atoms with Crippen LogP contribution in [0.15, 0.2) is 17.0 Å². The first kappa shape index (κ1) is 16.5. The van der Waals surface area contributed by atoms with Crippen molar-refractivity contribution in [2.24, 2.45) is 0 Å². The Bertz CT molecular complexity index is 613. The maximum atomic E-state index is 12.2. The number of nitrogens with zero attached hydrogens (tertiary/aromatic N) is 1. The lowest BCUT2D eigenvalue weighted by molar-refractivity contribution is -0.387. The smallest absolute Gasteiger partial charge is 0.289 e. The quantitative estimate of drug-likeness (QED) is 0.607. The van der Waals surface area contributed by atoms with Crippen molar-refractivity contribution in [1.82, 2.24) is 4.72 Å². The highest BCUT2D eigenvalue weighted by atomic mass is 32.2. The van der Waals surface area contributed by atoms with Gasteiger partial charge in [-0.15, -0.1) is 0 Å². The van der Waals surface area contributed by atoms with Gasteiger partial charge in [0.2, 0.25) is 10.0 Å². The van der Waals surface area contributed by atoms with Crippen molar-refractivity contribution in [3.8, 4) is 0 Å². The van der Waals surface area contributed by atoms with E-state index in [0.29, 0.717) is 11.1 Å². The molecule has 8 heteroatoms. The summed E-state index contributed by atoms with van der Waals surface area (Å²) in [7, 11) is -4.00. The fraction of sp³-hybridized carbons (Fsp3) is 0.500. The van der Waals surface area contributed by atoms with Crippen LogP contribution in [0.25, 0.3) is 0 Å². The van der Waals surface area contributed by atoms with Gasteiger partial charge in [0.25, 0.3) is 5.69 Å². The minimum Gasteiger partial charge on any atom is -0.396 e. The molecule has 0 aliphatic rings. The van der Waals surface area contributed by atoms with Crippen LogP contribution in [0.5, 0.6) is 0 Å². The fourth-order valence-corrected chi connectivity index (χ4v) is 3.23. The molecule has 0 aliphatic heterocycles. The van der Waals surface area contributed by atoms with Crippen molar-refractivity contribution in [2.75, 3.05) is 6.61 Å². The molecule has 1 aromatic carbocycles. The molecular weight excluding hydrogens is 284 g/mol. The van der Waals surface area contributed by atoms with E-state index in [-0.39, 0.29) is 17.9 Å². The lowest BCUT2D eigenvalue weighted by Gasteiger charge is -2.14. The molecule has 112 valence electrons. The second-order valence-electron chi connectivity index (χ2n) is 4.70. The second kappa shape index (κ2) is 6.29. The molecule has 1 atom stereocenters. The zero-order valence-corrected chi connectivity index (χ0v) is 12.4. The molecule has 0 radical (unpaired) electrons. The Morgan fingerprint density at radius 1 is 1.35 bits per heavy atom. The Hall–Kier alpha value is -1.51. The topological polar surface area (TPSA) is 110 Å². The molecule has 7 nitrogen and oxygen atoms in total. The van der Waals surface area contributed by atoms with Crippen LogP contribution in [0.3, 0.4) is 0 Å². The van der Waals surface area contributed by atoms with Gasteiger partial charge in [0, 0.05) is 18.7 Å². The first-order valence-electron chi connectivity index (χ1n) is 6.08. The third-order valence-corrected chi connectivity index (χ3v) is 4.60. The molecule has 0 bridgehead atoms. The molecule has 0 saturated carbocycles. The van der Waals surface area contributed by atoms with Crippen molar-refractivity contribution < 1.29 is 18.4 Å². The molecule has 0 fully saturated rings. The molecule has 0 aromatic heterocycles. The summed E-state index contributed by atoms with van der Waals surface area (Å²) in [4.78, 5) is 9.95. The minimum atomic E-state index is -4.00. The number of aryl methyl sites for hydroxylation is 2. The molecule has 1 unspecified atom stereocenters. The highest BCUT2D eigenvalue weighted by molar-refractivity contribution is 7.89. The Morgan fingerprint density at radius 3 is 2.40 bits per heavy atom. The van der Waals surface area contributed by atoms with E-state index in [1.165, 1.54) is 12.1 Å². The average molecular weight is 302 g/mol. The monoisotopic (exact) mass is 302 g/mol. The summed E-state index contributed by atoms with van der Waals surface area (Å²) in [6.45, 7) is 4.79. The normalized spacial score (nSPS) is 13.2. The Balaban J connectivity index is 3.30. The maximum Gasteiger partial charge on any atom is 0.289 e.